The van der Waals surface area contributed by atoms with Gasteiger partial charge in [-0.1, -0.05) is 87.3 Å². The van der Waals surface area contributed by atoms with Crippen molar-refractivity contribution in [3.05, 3.63) is 94.3 Å². The highest BCUT2D eigenvalue weighted by Crippen LogP contribution is 2.48. The number of carbonyl (C=O) groups excluding carboxylic acids is 1. The van der Waals surface area contributed by atoms with E-state index in [1.54, 1.807) is 28.9 Å². The van der Waals surface area contributed by atoms with E-state index in [0.29, 0.717) is 28.2 Å². The van der Waals surface area contributed by atoms with E-state index < -0.39 is 5.91 Å². The van der Waals surface area contributed by atoms with Crippen LogP contribution in [0.25, 0.3) is 0 Å². The summed E-state index contributed by atoms with van der Waals surface area (Å²) in [5.41, 5.74) is 1.66. The number of nitrogens with zero attached hydrogens (tertiary/aromatic N) is 2. The van der Waals surface area contributed by atoms with Gasteiger partial charge >= 0.3 is 0 Å². The summed E-state index contributed by atoms with van der Waals surface area (Å²) >= 11 is 42.6. The van der Waals surface area contributed by atoms with Crippen LogP contribution < -0.4 is 10.1 Å². The second-order valence-electron chi connectivity index (χ2n) is 7.47. The third-order valence-electron chi connectivity index (χ3n) is 4.97. The van der Waals surface area contributed by atoms with Crippen LogP contribution in [0.2, 0.25) is 35.2 Å². The predicted octanol–water partition coefficient (Wildman–Crippen LogP) is 9.24. The zero-order valence-electron chi connectivity index (χ0n) is 18.1. The standard InChI is InChI=1S/C23H14Cl7N3O3/c1-10-6-16(32-33(10)8-11-2-3-12(24)7-14(11)25)31-23(34)15-5-4-13(36-15)9-35-22-20(29)18(27)17(26)19(28)21(22)30/h2-7H,8-9H2,1H3,(H,31,32,34). The Bertz CT molecular complexity index is 1440. The molecule has 1 N–H and O–H groups in total. The number of rotatable bonds is 7. The molecule has 188 valence electrons. The van der Waals surface area contributed by atoms with Crippen molar-refractivity contribution in [2.75, 3.05) is 5.32 Å². The van der Waals surface area contributed by atoms with E-state index in [1.165, 1.54) is 6.07 Å². The topological polar surface area (TPSA) is 69.3 Å². The number of anilines is 1. The highest BCUT2D eigenvalue weighted by atomic mass is 35.5. The first-order valence-corrected chi connectivity index (χ1v) is 12.7. The number of nitrogens with one attached hydrogen (secondary N) is 1. The fraction of sp³-hybridized carbons (Fsp3) is 0.130. The van der Waals surface area contributed by atoms with Gasteiger partial charge in [-0.05, 0) is 36.8 Å². The summed E-state index contributed by atoms with van der Waals surface area (Å²) in [5, 5.41) is 8.25. The van der Waals surface area contributed by atoms with E-state index in [-0.39, 0.29) is 43.2 Å². The molecule has 0 aliphatic carbocycles. The predicted molar refractivity (Wildman–Crippen MR) is 145 cm³/mol. The van der Waals surface area contributed by atoms with Crippen molar-refractivity contribution in [2.45, 2.75) is 20.1 Å². The molecule has 2 aromatic heterocycles. The maximum Gasteiger partial charge on any atom is 0.292 e. The van der Waals surface area contributed by atoms with Crippen molar-refractivity contribution in [3.63, 3.8) is 0 Å². The lowest BCUT2D eigenvalue weighted by Crippen LogP contribution is -2.12. The highest BCUT2D eigenvalue weighted by Gasteiger charge is 2.21. The average Bonchev–Trinajstić information content (AvgIpc) is 3.44. The van der Waals surface area contributed by atoms with Crippen molar-refractivity contribution in [2.24, 2.45) is 0 Å². The molecular formula is C23H14Cl7N3O3. The van der Waals surface area contributed by atoms with Crippen molar-refractivity contribution in [1.29, 1.82) is 0 Å². The van der Waals surface area contributed by atoms with Crippen molar-refractivity contribution in [3.8, 4) is 5.75 Å². The number of furan rings is 1. The molecule has 0 radical (unpaired) electrons. The van der Waals surface area contributed by atoms with E-state index in [4.69, 9.17) is 90.4 Å². The smallest absolute Gasteiger partial charge is 0.292 e. The Morgan fingerprint density at radius 3 is 2.28 bits per heavy atom. The summed E-state index contributed by atoms with van der Waals surface area (Å²) in [4.78, 5) is 12.7. The van der Waals surface area contributed by atoms with E-state index in [2.05, 4.69) is 10.4 Å². The Labute approximate surface area is 240 Å². The van der Waals surface area contributed by atoms with Crippen LogP contribution in [0.5, 0.6) is 5.75 Å². The third kappa shape index (κ3) is 5.86. The van der Waals surface area contributed by atoms with E-state index in [0.717, 1.165) is 11.3 Å². The molecule has 4 aromatic rings. The summed E-state index contributed by atoms with van der Waals surface area (Å²) in [6.07, 6.45) is 0. The largest absolute Gasteiger partial charge is 0.482 e. The minimum absolute atomic E-state index is 0.00596. The van der Waals surface area contributed by atoms with Gasteiger partial charge in [0.15, 0.2) is 17.3 Å². The average molecular weight is 629 g/mol. The monoisotopic (exact) mass is 625 g/mol. The van der Waals surface area contributed by atoms with Gasteiger partial charge in [-0.2, -0.15) is 5.10 Å². The summed E-state index contributed by atoms with van der Waals surface area (Å²) in [5.74, 6) is 0.270. The molecule has 0 spiro atoms. The van der Waals surface area contributed by atoms with Gasteiger partial charge in [-0.3, -0.25) is 9.48 Å². The maximum atomic E-state index is 12.7. The molecule has 2 aromatic carbocycles. The number of hydrogen-bond acceptors (Lipinski definition) is 4. The maximum absolute atomic E-state index is 12.7. The SMILES string of the molecule is Cc1cc(NC(=O)c2ccc(COc3c(Cl)c(Cl)c(Cl)c(Cl)c3Cl)o2)nn1Cc1ccc(Cl)cc1Cl. The molecule has 4 rings (SSSR count). The zero-order chi connectivity index (χ0) is 26.1. The molecule has 13 heteroatoms. The van der Waals surface area contributed by atoms with Gasteiger partial charge < -0.3 is 14.5 Å². The lowest BCUT2D eigenvalue weighted by molar-refractivity contribution is 0.0992. The van der Waals surface area contributed by atoms with Crippen LogP contribution in [-0.4, -0.2) is 15.7 Å². The van der Waals surface area contributed by atoms with Gasteiger partial charge in [-0.25, -0.2) is 0 Å². The molecular weight excluding hydrogens is 614 g/mol. The Morgan fingerprint density at radius 1 is 0.944 bits per heavy atom. The molecule has 0 aliphatic heterocycles. The van der Waals surface area contributed by atoms with Crippen LogP contribution in [0.15, 0.2) is 40.8 Å². The second kappa shape index (κ2) is 11.3. The van der Waals surface area contributed by atoms with Crippen LogP contribution in [0.1, 0.15) is 27.6 Å². The van der Waals surface area contributed by atoms with Crippen LogP contribution in [-0.2, 0) is 13.2 Å². The minimum atomic E-state index is -0.496. The first-order chi connectivity index (χ1) is 17.0. The second-order valence-corrected chi connectivity index (χ2v) is 10.2. The molecule has 0 aliphatic rings. The van der Waals surface area contributed by atoms with Gasteiger partial charge in [0.1, 0.15) is 22.4 Å². The van der Waals surface area contributed by atoms with Crippen LogP contribution >= 0.6 is 81.2 Å². The number of aromatic nitrogens is 2. The van der Waals surface area contributed by atoms with Crippen molar-refractivity contribution < 1.29 is 13.9 Å². The molecule has 0 fully saturated rings. The molecule has 36 heavy (non-hydrogen) atoms. The summed E-state index contributed by atoms with van der Waals surface area (Å²) in [6.45, 7) is 2.17. The van der Waals surface area contributed by atoms with Crippen LogP contribution in [0.3, 0.4) is 0 Å². The quantitative estimate of drug-likeness (QED) is 0.164. The highest BCUT2D eigenvalue weighted by molar-refractivity contribution is 6.55. The number of amides is 1. The Kier molecular flexibility index (Phi) is 8.57. The van der Waals surface area contributed by atoms with Gasteiger partial charge in [-0.15, -0.1) is 0 Å². The molecule has 0 bridgehead atoms. The van der Waals surface area contributed by atoms with Gasteiger partial charge in [0.05, 0.1) is 21.6 Å². The first kappa shape index (κ1) is 27.3. The Balaban J connectivity index is 1.42. The summed E-state index contributed by atoms with van der Waals surface area (Å²) in [7, 11) is 0. The molecule has 0 atom stereocenters. The molecule has 2 heterocycles. The van der Waals surface area contributed by atoms with Crippen molar-refractivity contribution in [1.82, 2.24) is 9.78 Å². The van der Waals surface area contributed by atoms with Crippen molar-refractivity contribution >= 4 is 92.9 Å². The van der Waals surface area contributed by atoms with Gasteiger partial charge in [0.25, 0.3) is 5.91 Å². The zero-order valence-corrected chi connectivity index (χ0v) is 23.4. The van der Waals surface area contributed by atoms with Crippen LogP contribution in [0, 0.1) is 6.92 Å². The van der Waals surface area contributed by atoms with E-state index in [1.807, 2.05) is 13.0 Å². The fourth-order valence-electron chi connectivity index (χ4n) is 3.15. The minimum Gasteiger partial charge on any atom is -0.482 e. The summed E-state index contributed by atoms with van der Waals surface area (Å²) in [6, 6.07) is 10.0. The number of hydrogen-bond donors (Lipinski definition) is 1. The molecule has 0 saturated carbocycles. The van der Waals surface area contributed by atoms with E-state index in [9.17, 15) is 4.79 Å². The molecule has 1 amide bonds. The normalized spacial score (nSPS) is 11.1. The molecule has 6 nitrogen and oxygen atoms in total. The molecule has 0 unspecified atom stereocenters. The van der Waals surface area contributed by atoms with E-state index >= 15 is 0 Å². The lowest BCUT2D eigenvalue weighted by Gasteiger charge is -2.12. The number of carbonyl (C=O) groups is 1. The first-order valence-electron chi connectivity index (χ1n) is 10.1. The van der Waals surface area contributed by atoms with Crippen LogP contribution in [0.4, 0.5) is 5.82 Å². The third-order valence-corrected chi connectivity index (χ3v) is 7.80. The number of benzene rings is 2. The van der Waals surface area contributed by atoms with Gasteiger partial charge in [0, 0.05) is 21.8 Å². The fourth-order valence-corrected chi connectivity index (χ4v) is 4.85. The Hall–Kier alpha value is -1.77. The number of ether oxygens (including phenoxy) is 1. The Morgan fingerprint density at radius 2 is 1.61 bits per heavy atom. The number of aryl methyl sites for hydroxylation is 1. The lowest BCUT2D eigenvalue weighted by atomic mass is 10.2. The number of halogens is 7. The van der Waals surface area contributed by atoms with Gasteiger partial charge in [0.2, 0.25) is 0 Å². The summed E-state index contributed by atoms with van der Waals surface area (Å²) < 4.78 is 12.9. The molecule has 0 saturated heterocycles.